The van der Waals surface area contributed by atoms with Gasteiger partial charge in [0.25, 0.3) is 0 Å². The van der Waals surface area contributed by atoms with E-state index in [4.69, 9.17) is 4.74 Å². The summed E-state index contributed by atoms with van der Waals surface area (Å²) >= 11 is 6.84. The number of hydrogen-bond donors (Lipinski definition) is 0. The number of aryl methyl sites for hydroxylation is 8. The number of benzene rings is 3. The highest BCUT2D eigenvalue weighted by atomic mass is 79.9. The van der Waals surface area contributed by atoms with Crippen molar-refractivity contribution in [2.75, 3.05) is 7.11 Å². The molecule has 5 rings (SSSR count). The van der Waals surface area contributed by atoms with Crippen LogP contribution in [-0.4, -0.2) is 28.6 Å². The largest absolute Gasteiger partial charge is 0.496 e. The van der Waals surface area contributed by atoms with Crippen molar-refractivity contribution in [2.24, 2.45) is 0 Å². The Labute approximate surface area is 368 Å². The number of allylic oxidation sites excluding steroid dienone is 2. The summed E-state index contributed by atoms with van der Waals surface area (Å²) in [4.78, 5) is 27.7. The molecule has 0 unspecified atom stereocenters. The Kier molecular flexibility index (Phi) is 32.1. The van der Waals surface area contributed by atoms with Gasteiger partial charge in [0.2, 0.25) is 0 Å². The number of carbonyl (C=O) groups is 2. The van der Waals surface area contributed by atoms with Crippen LogP contribution in [0.25, 0.3) is 11.1 Å². The van der Waals surface area contributed by atoms with Crippen LogP contribution < -0.4 is 4.74 Å². The first kappa shape index (κ1) is 55.6. The van der Waals surface area contributed by atoms with Gasteiger partial charge in [0.15, 0.2) is 11.6 Å². The van der Waals surface area contributed by atoms with E-state index in [1.807, 2.05) is 70.4 Å². The highest BCUT2D eigenvalue weighted by Gasteiger charge is 1.98. The van der Waals surface area contributed by atoms with Crippen LogP contribution in [0.1, 0.15) is 98.1 Å². The molecular formula is C51H68Br2N2O3. The molecule has 0 fully saturated rings. The Morgan fingerprint density at radius 2 is 1.03 bits per heavy atom. The monoisotopic (exact) mass is 914 g/mol. The number of unbranched alkanes of at least 4 members (excludes halogenated alkanes) is 3. The quantitative estimate of drug-likeness (QED) is 0.120. The molecule has 0 saturated heterocycles. The number of pyridine rings is 2. The summed E-state index contributed by atoms with van der Waals surface area (Å²) in [6.07, 6.45) is 11.9. The Hall–Kier alpha value is -4.46. The van der Waals surface area contributed by atoms with E-state index in [1.54, 1.807) is 7.11 Å². The van der Waals surface area contributed by atoms with Crippen LogP contribution in [0, 0.1) is 55.4 Å². The van der Waals surface area contributed by atoms with Gasteiger partial charge in [-0.05, 0) is 145 Å². The van der Waals surface area contributed by atoms with Crippen LogP contribution in [0.15, 0.2) is 126 Å². The van der Waals surface area contributed by atoms with Crippen LogP contribution in [-0.2, 0) is 9.59 Å². The number of methoxy groups -OCH3 is 1. The van der Waals surface area contributed by atoms with E-state index in [0.717, 1.165) is 27.2 Å². The van der Waals surface area contributed by atoms with Crippen molar-refractivity contribution in [3.8, 4) is 16.9 Å². The van der Waals surface area contributed by atoms with E-state index in [9.17, 15) is 9.59 Å². The molecule has 0 N–H and O–H groups in total. The summed E-state index contributed by atoms with van der Waals surface area (Å²) in [5.74, 6) is 0.962. The second-order valence-electron chi connectivity index (χ2n) is 13.7. The fraction of sp³-hybridized carbons (Fsp3) is 0.333. The number of ketones is 2. The molecule has 0 aliphatic heterocycles. The van der Waals surface area contributed by atoms with Crippen molar-refractivity contribution < 1.29 is 14.3 Å². The van der Waals surface area contributed by atoms with Crippen molar-refractivity contribution >= 4 is 43.4 Å². The third-order valence-corrected chi connectivity index (χ3v) is 9.38. The molecule has 58 heavy (non-hydrogen) atoms. The lowest BCUT2D eigenvalue weighted by Gasteiger charge is -2.02. The standard InChI is InChI=1S/C13H13N.C9H11Br.C8H9BrO.C7H9N.C6H14.2C4H6O/c1-10-3-6-12(7-4-10)13-8-5-11(2)14-9-13;1-6-4-8(3)9(10)5-7(6)2;1-6-3-4-7(9)5-8(6)10-2;1-6-3-4-7(2)8-5-6;1-3-5-6-4-2;2*1-3-4(2)5/h3-9H,1-2H3;4-5H,1-3H3;3-5H,1-2H3;3-5H,1-2H3;3-6H2,1-2H3;2*3H,1H2,2H3. The fourth-order valence-electron chi connectivity index (χ4n) is 4.15. The van der Waals surface area contributed by atoms with Gasteiger partial charge in [0, 0.05) is 38.3 Å². The predicted molar refractivity (Wildman–Crippen MR) is 258 cm³/mol. The minimum Gasteiger partial charge on any atom is -0.496 e. The summed E-state index contributed by atoms with van der Waals surface area (Å²) in [7, 11) is 1.68. The summed E-state index contributed by atoms with van der Waals surface area (Å²) in [6.45, 7) is 30.3. The van der Waals surface area contributed by atoms with E-state index >= 15 is 0 Å². The first-order valence-electron chi connectivity index (χ1n) is 19.5. The lowest BCUT2D eigenvalue weighted by Crippen LogP contribution is -1.85. The van der Waals surface area contributed by atoms with E-state index < -0.39 is 0 Å². The third kappa shape index (κ3) is 28.9. The van der Waals surface area contributed by atoms with Gasteiger partial charge in [-0.1, -0.05) is 139 Å². The molecule has 0 bridgehead atoms. The van der Waals surface area contributed by atoms with E-state index in [-0.39, 0.29) is 11.6 Å². The van der Waals surface area contributed by atoms with Gasteiger partial charge >= 0.3 is 0 Å². The normalized spacial score (nSPS) is 9.16. The topological polar surface area (TPSA) is 69.2 Å². The Morgan fingerprint density at radius 1 is 0.586 bits per heavy atom. The van der Waals surface area contributed by atoms with Crippen molar-refractivity contribution in [3.05, 3.63) is 170 Å². The molecule has 0 amide bonds. The molecule has 0 aliphatic carbocycles. The number of carbonyl (C=O) groups excluding carboxylic acids is 2. The molecule has 0 radical (unpaired) electrons. The van der Waals surface area contributed by atoms with Gasteiger partial charge in [-0.3, -0.25) is 19.6 Å². The Morgan fingerprint density at radius 3 is 1.40 bits per heavy atom. The Balaban J connectivity index is 0. The zero-order valence-corrected chi connectivity index (χ0v) is 40.6. The lowest BCUT2D eigenvalue weighted by molar-refractivity contribution is -0.113. The zero-order valence-electron chi connectivity index (χ0n) is 37.4. The second-order valence-corrected chi connectivity index (χ2v) is 15.4. The van der Waals surface area contributed by atoms with E-state index in [2.05, 4.69) is 145 Å². The number of hydrogen-bond acceptors (Lipinski definition) is 5. The molecule has 314 valence electrons. The number of halogens is 2. The Bertz CT molecular complexity index is 1760. The van der Waals surface area contributed by atoms with Gasteiger partial charge in [0.05, 0.1) is 7.11 Å². The molecular weight excluding hydrogens is 848 g/mol. The molecule has 2 heterocycles. The third-order valence-electron chi connectivity index (χ3n) is 8.03. The fourth-order valence-corrected chi connectivity index (χ4v) is 4.94. The summed E-state index contributed by atoms with van der Waals surface area (Å²) in [6, 6.07) is 27.0. The molecule has 2 aromatic heterocycles. The maximum atomic E-state index is 9.69. The molecule has 3 aromatic carbocycles. The maximum Gasteiger partial charge on any atom is 0.152 e. The first-order chi connectivity index (χ1) is 27.3. The van der Waals surface area contributed by atoms with Crippen LogP contribution in [0.5, 0.6) is 5.75 Å². The summed E-state index contributed by atoms with van der Waals surface area (Å²) in [5, 5.41) is 0. The van der Waals surface area contributed by atoms with Gasteiger partial charge in [-0.25, -0.2) is 0 Å². The lowest BCUT2D eigenvalue weighted by atomic mass is 10.1. The average Bonchev–Trinajstić information content (AvgIpc) is 3.20. The van der Waals surface area contributed by atoms with Gasteiger partial charge < -0.3 is 4.74 Å². The molecule has 5 nitrogen and oxygen atoms in total. The summed E-state index contributed by atoms with van der Waals surface area (Å²) < 4.78 is 7.35. The van der Waals surface area contributed by atoms with Crippen LogP contribution in [0.4, 0.5) is 0 Å². The number of nitrogens with zero attached hydrogens (tertiary/aromatic N) is 2. The minimum absolute atomic E-state index is 0.0185. The predicted octanol–water partition coefficient (Wildman–Crippen LogP) is 15.3. The molecule has 7 heteroatoms. The van der Waals surface area contributed by atoms with E-state index in [1.165, 1.54) is 95.1 Å². The van der Waals surface area contributed by atoms with Gasteiger partial charge in [-0.15, -0.1) is 0 Å². The highest BCUT2D eigenvalue weighted by Crippen LogP contribution is 2.22. The average molecular weight is 917 g/mol. The molecule has 5 aromatic rings. The number of aromatic nitrogens is 2. The first-order valence-corrected chi connectivity index (χ1v) is 21.1. The zero-order chi connectivity index (χ0) is 44.6. The van der Waals surface area contributed by atoms with Crippen LogP contribution >= 0.6 is 31.9 Å². The number of rotatable bonds is 7. The van der Waals surface area contributed by atoms with Gasteiger partial charge in [-0.2, -0.15) is 0 Å². The van der Waals surface area contributed by atoms with Crippen molar-refractivity contribution in [1.29, 1.82) is 0 Å². The van der Waals surface area contributed by atoms with Gasteiger partial charge in [0.1, 0.15) is 5.75 Å². The van der Waals surface area contributed by atoms with E-state index in [0.29, 0.717) is 0 Å². The molecule has 0 atom stereocenters. The van der Waals surface area contributed by atoms with Crippen LogP contribution in [0.3, 0.4) is 0 Å². The minimum atomic E-state index is 0.0185. The van der Waals surface area contributed by atoms with Crippen molar-refractivity contribution in [1.82, 2.24) is 9.97 Å². The summed E-state index contributed by atoms with van der Waals surface area (Å²) in [5.41, 5.74) is 12.2. The maximum absolute atomic E-state index is 9.69. The number of ether oxygens (including phenoxy) is 1. The second kappa shape index (κ2) is 33.5. The van der Waals surface area contributed by atoms with Crippen LogP contribution in [0.2, 0.25) is 0 Å². The van der Waals surface area contributed by atoms with Crippen molar-refractivity contribution in [3.63, 3.8) is 0 Å². The highest BCUT2D eigenvalue weighted by molar-refractivity contribution is 9.10. The van der Waals surface area contributed by atoms with Crippen molar-refractivity contribution in [2.45, 2.75) is 109 Å². The SMILES string of the molecule is C=CC(C)=O.C=CC(C)=O.CCCCCC.COc1cc(Br)ccc1C.Cc1cc(C)c(Br)cc1C.Cc1ccc(-c2ccc(C)nc2)cc1.Cc1ccc(C)nc1. The molecule has 0 spiro atoms. The molecule has 0 aliphatic rings. The molecule has 0 saturated carbocycles. The smallest absolute Gasteiger partial charge is 0.152 e.